The minimum atomic E-state index is 0.303. The lowest BCUT2D eigenvalue weighted by Crippen LogP contribution is -2.25. The van der Waals surface area contributed by atoms with Crippen LogP contribution in [0.15, 0.2) is 24.3 Å². The molecule has 1 aliphatic heterocycles. The molecule has 1 atom stereocenters. The lowest BCUT2D eigenvalue weighted by molar-refractivity contribution is 0.368. The van der Waals surface area contributed by atoms with Crippen LogP contribution in [-0.4, -0.2) is 28.4 Å². The minimum Gasteiger partial charge on any atom is -0.496 e. The molecule has 1 unspecified atom stereocenters. The van der Waals surface area contributed by atoms with E-state index in [1.165, 1.54) is 0 Å². The second kappa shape index (κ2) is 5.63. The summed E-state index contributed by atoms with van der Waals surface area (Å²) >= 11 is 0. The number of hydrogen-bond acceptors (Lipinski definition) is 4. The third-order valence-corrected chi connectivity index (χ3v) is 3.84. The molecule has 0 radical (unpaired) electrons. The maximum atomic E-state index is 5.82. The van der Waals surface area contributed by atoms with Gasteiger partial charge in [-0.05, 0) is 18.9 Å². The minimum absolute atomic E-state index is 0.303. The fourth-order valence-corrected chi connectivity index (χ4v) is 2.80. The van der Waals surface area contributed by atoms with Gasteiger partial charge >= 0.3 is 0 Å². The Morgan fingerprint density at radius 1 is 1.40 bits per heavy atom. The lowest BCUT2D eigenvalue weighted by atomic mass is 10.1. The van der Waals surface area contributed by atoms with E-state index in [1.807, 2.05) is 22.9 Å². The van der Waals surface area contributed by atoms with Gasteiger partial charge in [-0.25, -0.2) is 9.67 Å². The summed E-state index contributed by atoms with van der Waals surface area (Å²) in [6.45, 7) is 0.629. The van der Waals surface area contributed by atoms with Crippen LogP contribution in [0.1, 0.15) is 36.1 Å². The Bertz CT molecular complexity index is 593. The summed E-state index contributed by atoms with van der Waals surface area (Å²) in [4.78, 5) is 4.66. The van der Waals surface area contributed by atoms with Gasteiger partial charge < -0.3 is 10.5 Å². The number of aromatic nitrogens is 3. The highest BCUT2D eigenvalue weighted by atomic mass is 16.5. The Kier molecular flexibility index (Phi) is 3.69. The Morgan fingerprint density at radius 2 is 2.25 bits per heavy atom. The molecule has 2 heterocycles. The Hall–Kier alpha value is -1.88. The SMILES string of the molecule is COc1ccccc1Cc1nc2n(n1)C(CN)CCC2. The standard InChI is InChI=1S/C15H20N4O/c1-20-13-7-3-2-5-11(13)9-14-17-15-8-4-6-12(10-16)19(15)18-14/h2-3,5,7,12H,4,6,8-10,16H2,1H3. The first-order chi connectivity index (χ1) is 9.81. The Labute approximate surface area is 118 Å². The van der Waals surface area contributed by atoms with Crippen LogP contribution in [0.2, 0.25) is 0 Å². The number of benzene rings is 1. The highest BCUT2D eigenvalue weighted by Crippen LogP contribution is 2.24. The fraction of sp³-hybridized carbons (Fsp3) is 0.467. The van der Waals surface area contributed by atoms with Crippen LogP contribution in [0, 0.1) is 0 Å². The third-order valence-electron chi connectivity index (χ3n) is 3.84. The fourth-order valence-electron chi connectivity index (χ4n) is 2.80. The molecule has 0 aliphatic carbocycles. The van der Waals surface area contributed by atoms with Crippen LogP contribution >= 0.6 is 0 Å². The molecule has 0 saturated carbocycles. The van der Waals surface area contributed by atoms with Crippen LogP contribution < -0.4 is 10.5 Å². The summed E-state index contributed by atoms with van der Waals surface area (Å²) in [5.41, 5.74) is 6.93. The van der Waals surface area contributed by atoms with Crippen molar-refractivity contribution in [2.24, 2.45) is 5.73 Å². The molecule has 5 nitrogen and oxygen atoms in total. The van der Waals surface area contributed by atoms with Crippen molar-refractivity contribution in [3.8, 4) is 5.75 Å². The summed E-state index contributed by atoms with van der Waals surface area (Å²) in [6, 6.07) is 8.31. The third kappa shape index (κ3) is 2.41. The summed E-state index contributed by atoms with van der Waals surface area (Å²) in [5.74, 6) is 2.80. The molecule has 3 rings (SSSR count). The zero-order valence-corrected chi connectivity index (χ0v) is 11.7. The summed E-state index contributed by atoms with van der Waals surface area (Å²) < 4.78 is 7.40. The van der Waals surface area contributed by atoms with Gasteiger partial charge in [0.25, 0.3) is 0 Å². The monoisotopic (exact) mass is 272 g/mol. The van der Waals surface area contributed by atoms with Crippen molar-refractivity contribution in [2.75, 3.05) is 13.7 Å². The van der Waals surface area contributed by atoms with Crippen molar-refractivity contribution in [3.63, 3.8) is 0 Å². The van der Waals surface area contributed by atoms with E-state index in [1.54, 1.807) is 7.11 Å². The molecular weight excluding hydrogens is 252 g/mol. The molecule has 1 aromatic heterocycles. The van der Waals surface area contributed by atoms with Gasteiger partial charge in [-0.2, -0.15) is 5.10 Å². The average Bonchev–Trinajstić information content (AvgIpc) is 2.90. The molecule has 0 spiro atoms. The maximum Gasteiger partial charge on any atom is 0.155 e. The van der Waals surface area contributed by atoms with Gasteiger partial charge in [-0.15, -0.1) is 0 Å². The molecule has 0 bridgehead atoms. The predicted molar refractivity (Wildman–Crippen MR) is 76.9 cm³/mol. The molecule has 20 heavy (non-hydrogen) atoms. The average molecular weight is 272 g/mol. The number of hydrogen-bond donors (Lipinski definition) is 1. The molecule has 106 valence electrons. The molecule has 0 saturated heterocycles. The quantitative estimate of drug-likeness (QED) is 0.920. The molecule has 0 fully saturated rings. The van der Waals surface area contributed by atoms with E-state index in [0.717, 1.165) is 42.2 Å². The van der Waals surface area contributed by atoms with Crippen molar-refractivity contribution >= 4 is 0 Å². The molecular formula is C15H20N4O. The zero-order chi connectivity index (χ0) is 13.9. The van der Waals surface area contributed by atoms with E-state index < -0.39 is 0 Å². The molecule has 1 aliphatic rings. The van der Waals surface area contributed by atoms with E-state index >= 15 is 0 Å². The lowest BCUT2D eigenvalue weighted by Gasteiger charge is -2.21. The molecule has 2 N–H and O–H groups in total. The van der Waals surface area contributed by atoms with Gasteiger partial charge in [0.05, 0.1) is 13.2 Å². The number of aryl methyl sites for hydroxylation is 1. The van der Waals surface area contributed by atoms with Crippen LogP contribution in [-0.2, 0) is 12.8 Å². The second-order valence-electron chi connectivity index (χ2n) is 5.16. The van der Waals surface area contributed by atoms with Gasteiger partial charge in [0.2, 0.25) is 0 Å². The normalized spacial score (nSPS) is 17.8. The number of para-hydroxylation sites is 1. The summed E-state index contributed by atoms with van der Waals surface area (Å²) in [6.07, 6.45) is 3.94. The van der Waals surface area contributed by atoms with Crippen molar-refractivity contribution in [1.82, 2.24) is 14.8 Å². The summed E-state index contributed by atoms with van der Waals surface area (Å²) in [7, 11) is 1.69. The van der Waals surface area contributed by atoms with Crippen molar-refractivity contribution in [1.29, 1.82) is 0 Å². The van der Waals surface area contributed by atoms with Crippen LogP contribution in [0.3, 0.4) is 0 Å². The number of fused-ring (bicyclic) bond motifs is 1. The molecule has 0 amide bonds. The van der Waals surface area contributed by atoms with E-state index in [2.05, 4.69) is 16.1 Å². The van der Waals surface area contributed by atoms with Gasteiger partial charge in [0.1, 0.15) is 11.6 Å². The molecule has 2 aromatic rings. The van der Waals surface area contributed by atoms with Crippen molar-refractivity contribution < 1.29 is 4.74 Å². The van der Waals surface area contributed by atoms with Gasteiger partial charge in [-0.3, -0.25) is 0 Å². The van der Waals surface area contributed by atoms with Gasteiger partial charge in [-0.1, -0.05) is 18.2 Å². The Morgan fingerprint density at radius 3 is 3.05 bits per heavy atom. The van der Waals surface area contributed by atoms with Gasteiger partial charge in [0.15, 0.2) is 5.82 Å². The van der Waals surface area contributed by atoms with E-state index in [9.17, 15) is 0 Å². The Balaban J connectivity index is 1.87. The number of nitrogens with two attached hydrogens (primary N) is 1. The number of rotatable bonds is 4. The number of ether oxygens (including phenoxy) is 1. The number of methoxy groups -OCH3 is 1. The van der Waals surface area contributed by atoms with E-state index in [0.29, 0.717) is 19.0 Å². The molecule has 1 aromatic carbocycles. The highest BCUT2D eigenvalue weighted by molar-refractivity contribution is 5.35. The topological polar surface area (TPSA) is 66.0 Å². The van der Waals surface area contributed by atoms with Crippen LogP contribution in [0.4, 0.5) is 0 Å². The van der Waals surface area contributed by atoms with Crippen molar-refractivity contribution in [3.05, 3.63) is 41.5 Å². The predicted octanol–water partition coefficient (Wildman–Crippen LogP) is 1.71. The largest absolute Gasteiger partial charge is 0.496 e. The van der Waals surface area contributed by atoms with E-state index in [4.69, 9.17) is 10.5 Å². The van der Waals surface area contributed by atoms with Crippen LogP contribution in [0.25, 0.3) is 0 Å². The van der Waals surface area contributed by atoms with Crippen molar-refractivity contribution in [2.45, 2.75) is 31.7 Å². The first kappa shape index (κ1) is 13.1. The highest BCUT2D eigenvalue weighted by Gasteiger charge is 2.22. The number of nitrogens with zero attached hydrogens (tertiary/aromatic N) is 3. The zero-order valence-electron chi connectivity index (χ0n) is 11.7. The summed E-state index contributed by atoms with van der Waals surface area (Å²) in [5, 5.41) is 4.64. The first-order valence-corrected chi connectivity index (χ1v) is 7.08. The maximum absolute atomic E-state index is 5.82. The smallest absolute Gasteiger partial charge is 0.155 e. The second-order valence-corrected chi connectivity index (χ2v) is 5.16. The van der Waals surface area contributed by atoms with Gasteiger partial charge in [0, 0.05) is 24.9 Å². The molecule has 5 heteroatoms. The first-order valence-electron chi connectivity index (χ1n) is 7.08. The van der Waals surface area contributed by atoms with E-state index in [-0.39, 0.29) is 0 Å². The van der Waals surface area contributed by atoms with Crippen LogP contribution in [0.5, 0.6) is 5.75 Å².